The molecule has 0 saturated heterocycles. The molecule has 0 aliphatic heterocycles. The Morgan fingerprint density at radius 1 is 1.24 bits per heavy atom. The molecule has 0 fully saturated rings. The standard InChI is InChI=1S/C13H9N5OS2/c14-4-11-16-9(6-21-11)13-17-12(18-19-13)7-3-10-8(15-5-7)1-2-20-10/h1-3,5-6H,4,14H2. The van der Waals surface area contributed by atoms with Gasteiger partial charge in [0.15, 0.2) is 0 Å². The maximum Gasteiger partial charge on any atom is 0.277 e. The van der Waals surface area contributed by atoms with Crippen molar-refractivity contribution in [3.05, 3.63) is 34.1 Å². The van der Waals surface area contributed by atoms with E-state index < -0.39 is 0 Å². The fourth-order valence-corrected chi connectivity index (χ4v) is 3.34. The highest BCUT2D eigenvalue weighted by atomic mass is 32.1. The van der Waals surface area contributed by atoms with Gasteiger partial charge in [0.2, 0.25) is 5.82 Å². The highest BCUT2D eigenvalue weighted by Crippen LogP contribution is 2.26. The van der Waals surface area contributed by atoms with Crippen molar-refractivity contribution >= 4 is 32.9 Å². The molecule has 0 amide bonds. The van der Waals surface area contributed by atoms with Gasteiger partial charge in [0.25, 0.3) is 5.89 Å². The van der Waals surface area contributed by atoms with Gasteiger partial charge in [-0.05, 0) is 17.5 Å². The van der Waals surface area contributed by atoms with Crippen LogP contribution in [-0.4, -0.2) is 20.1 Å². The summed E-state index contributed by atoms with van der Waals surface area (Å²) in [5, 5.41) is 8.71. The first kappa shape index (κ1) is 12.6. The SMILES string of the molecule is NCc1nc(-c2nc(-c3cnc4ccsc4c3)no2)cs1. The third-order valence-electron chi connectivity index (χ3n) is 2.93. The smallest absolute Gasteiger partial charge is 0.277 e. The maximum absolute atomic E-state index is 5.55. The molecule has 4 heterocycles. The van der Waals surface area contributed by atoms with Crippen molar-refractivity contribution in [2.75, 3.05) is 0 Å². The summed E-state index contributed by atoms with van der Waals surface area (Å²) >= 11 is 3.11. The monoisotopic (exact) mass is 315 g/mol. The van der Waals surface area contributed by atoms with Crippen LogP contribution in [0, 0.1) is 0 Å². The minimum atomic E-state index is 0.396. The fourth-order valence-electron chi connectivity index (χ4n) is 1.92. The zero-order chi connectivity index (χ0) is 14.2. The summed E-state index contributed by atoms with van der Waals surface area (Å²) < 4.78 is 6.37. The van der Waals surface area contributed by atoms with Crippen molar-refractivity contribution in [2.24, 2.45) is 5.73 Å². The molecule has 4 rings (SSSR count). The van der Waals surface area contributed by atoms with Crippen molar-refractivity contribution in [3.63, 3.8) is 0 Å². The molecule has 2 N–H and O–H groups in total. The van der Waals surface area contributed by atoms with Crippen molar-refractivity contribution in [2.45, 2.75) is 6.54 Å². The summed E-state index contributed by atoms with van der Waals surface area (Å²) in [4.78, 5) is 13.1. The zero-order valence-electron chi connectivity index (χ0n) is 10.7. The van der Waals surface area contributed by atoms with Crippen LogP contribution in [0.3, 0.4) is 0 Å². The lowest BCUT2D eigenvalue weighted by atomic mass is 10.2. The van der Waals surface area contributed by atoms with Crippen molar-refractivity contribution in [1.29, 1.82) is 0 Å². The summed E-state index contributed by atoms with van der Waals surface area (Å²) in [6.45, 7) is 0.407. The van der Waals surface area contributed by atoms with E-state index in [1.807, 2.05) is 22.9 Å². The van der Waals surface area contributed by atoms with E-state index in [-0.39, 0.29) is 0 Å². The molecule has 0 radical (unpaired) electrons. The van der Waals surface area contributed by atoms with Crippen molar-refractivity contribution < 1.29 is 4.52 Å². The normalized spacial score (nSPS) is 11.3. The molecule has 8 heteroatoms. The van der Waals surface area contributed by atoms with Gasteiger partial charge < -0.3 is 10.3 Å². The number of pyridine rings is 1. The molecule has 21 heavy (non-hydrogen) atoms. The predicted octanol–water partition coefficient (Wildman–Crippen LogP) is 2.93. The van der Waals surface area contributed by atoms with Crippen LogP contribution in [0.2, 0.25) is 0 Å². The van der Waals surface area contributed by atoms with Crippen LogP contribution in [0.15, 0.2) is 33.6 Å². The third-order valence-corrected chi connectivity index (χ3v) is 4.66. The van der Waals surface area contributed by atoms with Crippen LogP contribution in [0.4, 0.5) is 0 Å². The molecule has 0 atom stereocenters. The Morgan fingerprint density at radius 2 is 2.19 bits per heavy atom. The Labute approximate surface area is 127 Å². The maximum atomic E-state index is 5.55. The molecule has 4 aromatic heterocycles. The summed E-state index contributed by atoms with van der Waals surface area (Å²) in [5.41, 5.74) is 8.01. The Hall–Kier alpha value is -2.16. The van der Waals surface area contributed by atoms with E-state index in [0.29, 0.717) is 24.0 Å². The van der Waals surface area contributed by atoms with Crippen LogP contribution >= 0.6 is 22.7 Å². The first-order valence-corrected chi connectivity index (χ1v) is 7.91. The third kappa shape index (κ3) is 2.23. The average Bonchev–Trinajstić information content (AvgIpc) is 3.24. The van der Waals surface area contributed by atoms with Crippen molar-refractivity contribution in [3.8, 4) is 23.0 Å². The van der Waals surface area contributed by atoms with Crippen LogP contribution in [0.5, 0.6) is 0 Å². The number of nitrogens with zero attached hydrogens (tertiary/aromatic N) is 4. The topological polar surface area (TPSA) is 90.7 Å². The second kappa shape index (κ2) is 4.99. The predicted molar refractivity (Wildman–Crippen MR) is 81.9 cm³/mol. The Morgan fingerprint density at radius 3 is 3.05 bits per heavy atom. The number of nitrogens with two attached hydrogens (primary N) is 1. The lowest BCUT2D eigenvalue weighted by Crippen LogP contribution is -1.94. The highest BCUT2D eigenvalue weighted by Gasteiger charge is 2.14. The van der Waals surface area contributed by atoms with E-state index >= 15 is 0 Å². The van der Waals surface area contributed by atoms with E-state index in [2.05, 4.69) is 20.1 Å². The van der Waals surface area contributed by atoms with Crippen molar-refractivity contribution in [1.82, 2.24) is 20.1 Å². The fraction of sp³-hybridized carbons (Fsp3) is 0.0769. The van der Waals surface area contributed by atoms with E-state index in [1.54, 1.807) is 17.5 Å². The average molecular weight is 315 g/mol. The molecule has 0 aliphatic rings. The number of hydrogen-bond donors (Lipinski definition) is 1. The molecule has 0 bridgehead atoms. The van der Waals surface area contributed by atoms with Gasteiger partial charge in [-0.15, -0.1) is 22.7 Å². The van der Waals surface area contributed by atoms with Crippen LogP contribution < -0.4 is 5.73 Å². The minimum Gasteiger partial charge on any atom is -0.332 e. The van der Waals surface area contributed by atoms with E-state index in [9.17, 15) is 0 Å². The van der Waals surface area contributed by atoms with E-state index in [4.69, 9.17) is 10.3 Å². The molecule has 0 aliphatic carbocycles. The van der Waals surface area contributed by atoms with Gasteiger partial charge in [0.1, 0.15) is 10.7 Å². The van der Waals surface area contributed by atoms with E-state index in [1.165, 1.54) is 11.3 Å². The van der Waals surface area contributed by atoms with Crippen LogP contribution in [0.1, 0.15) is 5.01 Å². The molecule has 4 aromatic rings. The van der Waals surface area contributed by atoms with Crippen LogP contribution in [0.25, 0.3) is 33.2 Å². The molecule has 0 aromatic carbocycles. The lowest BCUT2D eigenvalue weighted by Gasteiger charge is -1.93. The lowest BCUT2D eigenvalue weighted by molar-refractivity contribution is 0.431. The Bertz CT molecular complexity index is 910. The molecular weight excluding hydrogens is 306 g/mol. The quantitative estimate of drug-likeness (QED) is 0.625. The number of aromatic nitrogens is 4. The first-order valence-electron chi connectivity index (χ1n) is 6.15. The molecular formula is C13H9N5OS2. The number of hydrogen-bond acceptors (Lipinski definition) is 8. The molecule has 6 nitrogen and oxygen atoms in total. The van der Waals surface area contributed by atoms with Gasteiger partial charge in [0.05, 0.1) is 10.2 Å². The molecule has 0 spiro atoms. The van der Waals surface area contributed by atoms with Gasteiger partial charge >= 0.3 is 0 Å². The summed E-state index contributed by atoms with van der Waals surface area (Å²) in [6.07, 6.45) is 1.75. The Balaban J connectivity index is 1.72. The van der Waals surface area contributed by atoms with E-state index in [0.717, 1.165) is 20.8 Å². The second-order valence-corrected chi connectivity index (χ2v) is 6.17. The van der Waals surface area contributed by atoms with Crippen LogP contribution in [-0.2, 0) is 6.54 Å². The minimum absolute atomic E-state index is 0.396. The number of thiazole rings is 1. The Kier molecular flexibility index (Phi) is 2.99. The van der Waals surface area contributed by atoms with Gasteiger partial charge in [0, 0.05) is 23.7 Å². The van der Waals surface area contributed by atoms with Gasteiger partial charge in [-0.25, -0.2) is 4.98 Å². The largest absolute Gasteiger partial charge is 0.332 e. The summed E-state index contributed by atoms with van der Waals surface area (Å²) in [6, 6.07) is 3.99. The molecule has 0 saturated carbocycles. The van der Waals surface area contributed by atoms with Gasteiger partial charge in [-0.2, -0.15) is 4.98 Å². The zero-order valence-corrected chi connectivity index (χ0v) is 12.3. The summed E-state index contributed by atoms with van der Waals surface area (Å²) in [5.74, 6) is 0.905. The summed E-state index contributed by atoms with van der Waals surface area (Å²) in [7, 11) is 0. The number of rotatable bonds is 3. The van der Waals surface area contributed by atoms with Gasteiger partial charge in [-0.1, -0.05) is 5.16 Å². The van der Waals surface area contributed by atoms with Gasteiger partial charge in [-0.3, -0.25) is 4.98 Å². The molecule has 104 valence electrons. The highest BCUT2D eigenvalue weighted by molar-refractivity contribution is 7.17. The molecule has 0 unspecified atom stereocenters. The first-order chi connectivity index (χ1) is 10.3. The second-order valence-electron chi connectivity index (χ2n) is 4.28. The number of fused-ring (bicyclic) bond motifs is 1. The number of thiophene rings is 1.